The summed E-state index contributed by atoms with van der Waals surface area (Å²) in [5, 5.41) is 24.6. The van der Waals surface area contributed by atoms with E-state index < -0.39 is 6.04 Å². The number of azide groups is 1. The second kappa shape index (κ2) is 7.12. The third kappa shape index (κ3) is 4.43. The van der Waals surface area contributed by atoms with Gasteiger partial charge in [-0.2, -0.15) is 5.26 Å². The van der Waals surface area contributed by atoms with Crippen LogP contribution in [0, 0.1) is 11.3 Å². The topological polar surface area (TPSA) is 105 Å². The predicted molar refractivity (Wildman–Crippen MR) is 63.1 cm³/mol. The maximum atomic E-state index is 9.13. The molecule has 0 aliphatic carbocycles. The van der Waals surface area contributed by atoms with Gasteiger partial charge in [-0.1, -0.05) is 17.2 Å². The second-order valence-electron chi connectivity index (χ2n) is 3.42. The standard InChI is InChI=1S/C11H13N5O/c12-8-11(14-6-1-7-15-16-13)9-2-4-10(17)5-3-9/h2-5,11,14,17H,1,6-7H2. The summed E-state index contributed by atoms with van der Waals surface area (Å²) in [7, 11) is 0. The minimum atomic E-state index is -0.415. The lowest BCUT2D eigenvalue weighted by Gasteiger charge is -2.11. The van der Waals surface area contributed by atoms with Crippen LogP contribution in [-0.2, 0) is 0 Å². The van der Waals surface area contributed by atoms with Crippen LogP contribution in [0.2, 0.25) is 0 Å². The quantitative estimate of drug-likeness (QED) is 0.339. The third-order valence-electron chi connectivity index (χ3n) is 2.20. The summed E-state index contributed by atoms with van der Waals surface area (Å²) < 4.78 is 0. The van der Waals surface area contributed by atoms with Crippen LogP contribution >= 0.6 is 0 Å². The number of hydrogen-bond acceptors (Lipinski definition) is 4. The molecule has 0 aliphatic heterocycles. The molecule has 0 fully saturated rings. The monoisotopic (exact) mass is 231 g/mol. The molecule has 0 bridgehead atoms. The Bertz CT molecular complexity index is 430. The number of rotatable bonds is 6. The number of nitrogens with one attached hydrogen (secondary N) is 1. The van der Waals surface area contributed by atoms with Crippen molar-refractivity contribution in [2.75, 3.05) is 13.1 Å². The smallest absolute Gasteiger partial charge is 0.121 e. The number of nitriles is 1. The van der Waals surface area contributed by atoms with E-state index in [-0.39, 0.29) is 5.75 Å². The van der Waals surface area contributed by atoms with E-state index >= 15 is 0 Å². The number of aromatic hydroxyl groups is 1. The van der Waals surface area contributed by atoms with Gasteiger partial charge in [0, 0.05) is 11.5 Å². The minimum absolute atomic E-state index is 0.175. The average Bonchev–Trinajstić information content (AvgIpc) is 2.35. The van der Waals surface area contributed by atoms with Gasteiger partial charge in [-0.25, -0.2) is 0 Å². The van der Waals surface area contributed by atoms with E-state index in [0.29, 0.717) is 19.5 Å². The van der Waals surface area contributed by atoms with Crippen LogP contribution in [0.4, 0.5) is 0 Å². The van der Waals surface area contributed by atoms with Crippen molar-refractivity contribution < 1.29 is 5.11 Å². The Morgan fingerprint density at radius 1 is 1.47 bits per heavy atom. The van der Waals surface area contributed by atoms with Gasteiger partial charge in [-0.3, -0.25) is 5.32 Å². The molecule has 6 heteroatoms. The SMILES string of the molecule is N#CC(NCCCN=[N+]=[N-])c1ccc(O)cc1. The van der Waals surface area contributed by atoms with Crippen LogP contribution in [-0.4, -0.2) is 18.2 Å². The molecule has 2 N–H and O–H groups in total. The van der Waals surface area contributed by atoms with Crippen LogP contribution in [0.15, 0.2) is 29.4 Å². The van der Waals surface area contributed by atoms with Crippen molar-refractivity contribution in [3.8, 4) is 11.8 Å². The molecule has 0 aromatic heterocycles. The van der Waals surface area contributed by atoms with Gasteiger partial charge in [-0.05, 0) is 36.2 Å². The van der Waals surface area contributed by atoms with Crippen molar-refractivity contribution in [2.24, 2.45) is 5.11 Å². The fraction of sp³-hybridized carbons (Fsp3) is 0.364. The van der Waals surface area contributed by atoms with Crippen molar-refractivity contribution in [1.29, 1.82) is 5.26 Å². The number of phenols is 1. The molecule has 17 heavy (non-hydrogen) atoms. The minimum Gasteiger partial charge on any atom is -0.508 e. The van der Waals surface area contributed by atoms with Crippen molar-refractivity contribution >= 4 is 0 Å². The number of phenolic OH excluding ortho intramolecular Hbond substituents is 1. The largest absolute Gasteiger partial charge is 0.508 e. The van der Waals surface area contributed by atoms with Crippen molar-refractivity contribution in [3.63, 3.8) is 0 Å². The Morgan fingerprint density at radius 3 is 2.76 bits per heavy atom. The van der Waals surface area contributed by atoms with E-state index in [9.17, 15) is 0 Å². The molecule has 1 atom stereocenters. The van der Waals surface area contributed by atoms with E-state index in [1.54, 1.807) is 24.3 Å². The summed E-state index contributed by atoms with van der Waals surface area (Å²) in [4.78, 5) is 2.64. The normalized spacial score (nSPS) is 11.2. The Labute approximate surface area is 99.1 Å². The predicted octanol–water partition coefficient (Wildman–Crippen LogP) is 2.25. The first-order chi connectivity index (χ1) is 8.27. The molecule has 1 unspecified atom stereocenters. The Kier molecular flexibility index (Phi) is 5.38. The Balaban J connectivity index is 2.46. The molecule has 1 aromatic rings. The molecule has 0 saturated carbocycles. The summed E-state index contributed by atoms with van der Waals surface area (Å²) in [6.07, 6.45) is 0.681. The molecule has 0 saturated heterocycles. The first-order valence-corrected chi connectivity index (χ1v) is 5.20. The van der Waals surface area contributed by atoms with Crippen LogP contribution < -0.4 is 5.32 Å². The molecule has 1 rings (SSSR count). The lowest BCUT2D eigenvalue weighted by Crippen LogP contribution is -2.21. The molecule has 1 aromatic carbocycles. The van der Waals surface area contributed by atoms with Crippen molar-refractivity contribution in [2.45, 2.75) is 12.5 Å². The van der Waals surface area contributed by atoms with Gasteiger partial charge in [0.15, 0.2) is 0 Å². The molecule has 6 nitrogen and oxygen atoms in total. The summed E-state index contributed by atoms with van der Waals surface area (Å²) in [5.74, 6) is 0.175. The summed E-state index contributed by atoms with van der Waals surface area (Å²) in [5.41, 5.74) is 8.89. The summed E-state index contributed by atoms with van der Waals surface area (Å²) in [6, 6.07) is 8.20. The van der Waals surface area contributed by atoms with Crippen LogP contribution in [0.3, 0.4) is 0 Å². The first-order valence-electron chi connectivity index (χ1n) is 5.20. The van der Waals surface area contributed by atoms with E-state index in [1.165, 1.54) is 0 Å². The Hall–Kier alpha value is -2.22. The maximum Gasteiger partial charge on any atom is 0.121 e. The van der Waals surface area contributed by atoms with E-state index in [2.05, 4.69) is 21.4 Å². The molecule has 88 valence electrons. The Morgan fingerprint density at radius 2 is 2.18 bits per heavy atom. The van der Waals surface area contributed by atoms with Gasteiger partial charge in [0.1, 0.15) is 11.8 Å². The van der Waals surface area contributed by atoms with Crippen LogP contribution in [0.1, 0.15) is 18.0 Å². The molecule has 0 aliphatic rings. The molecular weight excluding hydrogens is 218 g/mol. The molecule has 0 spiro atoms. The van der Waals surface area contributed by atoms with Gasteiger partial charge < -0.3 is 5.11 Å². The van der Waals surface area contributed by atoms with Gasteiger partial charge in [0.25, 0.3) is 0 Å². The third-order valence-corrected chi connectivity index (χ3v) is 2.20. The highest BCUT2D eigenvalue weighted by Gasteiger charge is 2.08. The number of benzene rings is 1. The highest BCUT2D eigenvalue weighted by Crippen LogP contribution is 2.16. The van der Waals surface area contributed by atoms with Crippen molar-refractivity contribution in [1.82, 2.24) is 5.32 Å². The van der Waals surface area contributed by atoms with Gasteiger partial charge in [0.05, 0.1) is 6.07 Å². The fourth-order valence-corrected chi connectivity index (χ4v) is 1.35. The second-order valence-corrected chi connectivity index (χ2v) is 3.42. The molecular formula is C11H13N5O. The molecule has 0 radical (unpaired) electrons. The molecule has 0 heterocycles. The van der Waals surface area contributed by atoms with Crippen LogP contribution in [0.5, 0.6) is 5.75 Å². The summed E-state index contributed by atoms with van der Waals surface area (Å²) >= 11 is 0. The highest BCUT2D eigenvalue weighted by atomic mass is 16.3. The highest BCUT2D eigenvalue weighted by molar-refractivity contribution is 5.30. The zero-order valence-electron chi connectivity index (χ0n) is 9.24. The summed E-state index contributed by atoms with van der Waals surface area (Å²) in [6.45, 7) is 1.01. The zero-order chi connectivity index (χ0) is 12.5. The first kappa shape index (κ1) is 12.8. The lowest BCUT2D eigenvalue weighted by atomic mass is 10.1. The van der Waals surface area contributed by atoms with E-state index in [4.69, 9.17) is 15.9 Å². The number of hydrogen-bond donors (Lipinski definition) is 2. The average molecular weight is 231 g/mol. The van der Waals surface area contributed by atoms with Crippen LogP contribution in [0.25, 0.3) is 10.4 Å². The van der Waals surface area contributed by atoms with E-state index in [1.807, 2.05) is 0 Å². The zero-order valence-corrected chi connectivity index (χ0v) is 9.24. The lowest BCUT2D eigenvalue weighted by molar-refractivity contribution is 0.474. The van der Waals surface area contributed by atoms with Gasteiger partial charge in [0.2, 0.25) is 0 Å². The van der Waals surface area contributed by atoms with Gasteiger partial charge >= 0.3 is 0 Å². The maximum absolute atomic E-state index is 9.13. The van der Waals surface area contributed by atoms with Crippen molar-refractivity contribution in [3.05, 3.63) is 40.3 Å². The number of nitrogens with zero attached hydrogens (tertiary/aromatic N) is 4. The van der Waals surface area contributed by atoms with Gasteiger partial charge in [-0.15, -0.1) is 0 Å². The van der Waals surface area contributed by atoms with E-state index in [0.717, 1.165) is 5.56 Å². The molecule has 0 amide bonds. The fourth-order valence-electron chi connectivity index (χ4n) is 1.35.